The Morgan fingerprint density at radius 2 is 1.81 bits per heavy atom. The van der Waals surface area contributed by atoms with Gasteiger partial charge in [0.25, 0.3) is 0 Å². The van der Waals surface area contributed by atoms with Crippen molar-refractivity contribution in [2.75, 3.05) is 10.7 Å². The van der Waals surface area contributed by atoms with Crippen molar-refractivity contribution in [3.63, 3.8) is 0 Å². The van der Waals surface area contributed by atoms with E-state index in [0.717, 1.165) is 0 Å². The molecular weight excluding hydrogens is 269 g/mol. The third-order valence-corrected chi connectivity index (χ3v) is 2.96. The van der Waals surface area contributed by atoms with Crippen LogP contribution < -0.4 is 16.6 Å². The number of hydrogen-bond acceptors (Lipinski definition) is 5. The SMILES string of the molecule is CC(C)(C)c1nc(NN)cc(NCc2ccccc2F)n1. The van der Waals surface area contributed by atoms with Gasteiger partial charge in [-0.05, 0) is 6.07 Å². The average Bonchev–Trinajstić information content (AvgIpc) is 2.45. The molecule has 6 heteroatoms. The average molecular weight is 289 g/mol. The van der Waals surface area contributed by atoms with Crippen molar-refractivity contribution in [2.45, 2.75) is 32.7 Å². The number of nitrogens with one attached hydrogen (secondary N) is 2. The van der Waals surface area contributed by atoms with Gasteiger partial charge in [-0.25, -0.2) is 20.2 Å². The van der Waals surface area contributed by atoms with Gasteiger partial charge in [0.2, 0.25) is 0 Å². The van der Waals surface area contributed by atoms with E-state index in [9.17, 15) is 4.39 Å². The van der Waals surface area contributed by atoms with E-state index in [0.29, 0.717) is 29.6 Å². The van der Waals surface area contributed by atoms with E-state index in [1.807, 2.05) is 20.8 Å². The van der Waals surface area contributed by atoms with Gasteiger partial charge in [-0.3, -0.25) is 0 Å². The fraction of sp³-hybridized carbons (Fsp3) is 0.333. The summed E-state index contributed by atoms with van der Waals surface area (Å²) in [4.78, 5) is 8.79. The number of hydrogen-bond donors (Lipinski definition) is 3. The number of rotatable bonds is 4. The standard InChI is InChI=1S/C15H20FN5/c1-15(2,3)14-19-12(8-13(20-14)21-17)18-9-10-6-4-5-7-11(10)16/h4-8H,9,17H2,1-3H3,(H2,18,19,20,21). The van der Waals surface area contributed by atoms with Crippen LogP contribution in [0.15, 0.2) is 30.3 Å². The minimum absolute atomic E-state index is 0.207. The van der Waals surface area contributed by atoms with Crippen LogP contribution in [0.4, 0.5) is 16.0 Å². The highest BCUT2D eigenvalue weighted by molar-refractivity contribution is 5.47. The van der Waals surface area contributed by atoms with Crippen LogP contribution in [-0.2, 0) is 12.0 Å². The maximum Gasteiger partial charge on any atom is 0.145 e. The molecule has 1 heterocycles. The molecule has 112 valence electrons. The molecule has 21 heavy (non-hydrogen) atoms. The summed E-state index contributed by atoms with van der Waals surface area (Å²) in [5.74, 6) is 6.97. The summed E-state index contributed by atoms with van der Waals surface area (Å²) in [6.07, 6.45) is 0. The number of aromatic nitrogens is 2. The number of hydrazine groups is 1. The molecule has 0 saturated carbocycles. The fourth-order valence-corrected chi connectivity index (χ4v) is 1.77. The first kappa shape index (κ1) is 15.2. The Labute approximate surface area is 123 Å². The maximum absolute atomic E-state index is 13.6. The number of nitrogens with zero attached hydrogens (tertiary/aromatic N) is 2. The van der Waals surface area contributed by atoms with Gasteiger partial charge in [-0.15, -0.1) is 0 Å². The summed E-state index contributed by atoms with van der Waals surface area (Å²) >= 11 is 0. The Morgan fingerprint density at radius 3 is 2.43 bits per heavy atom. The lowest BCUT2D eigenvalue weighted by molar-refractivity contribution is 0.546. The summed E-state index contributed by atoms with van der Waals surface area (Å²) in [5, 5.41) is 3.10. The molecule has 1 aromatic heterocycles. The molecular formula is C15H20FN5. The Kier molecular flexibility index (Phi) is 4.37. The molecule has 0 fully saturated rings. The lowest BCUT2D eigenvalue weighted by atomic mass is 9.96. The first-order chi connectivity index (χ1) is 9.90. The molecule has 5 nitrogen and oxygen atoms in total. The summed E-state index contributed by atoms with van der Waals surface area (Å²) < 4.78 is 13.6. The molecule has 0 radical (unpaired) electrons. The molecule has 0 aliphatic carbocycles. The monoisotopic (exact) mass is 289 g/mol. The molecule has 0 bridgehead atoms. The second-order valence-corrected chi connectivity index (χ2v) is 5.80. The largest absolute Gasteiger partial charge is 0.366 e. The van der Waals surface area contributed by atoms with Crippen molar-refractivity contribution in [3.8, 4) is 0 Å². The number of nitrogens with two attached hydrogens (primary N) is 1. The fourth-order valence-electron chi connectivity index (χ4n) is 1.77. The third-order valence-electron chi connectivity index (χ3n) is 2.96. The predicted octanol–water partition coefficient (Wildman–Crippen LogP) is 2.81. The molecule has 4 N–H and O–H groups in total. The van der Waals surface area contributed by atoms with Crippen molar-refractivity contribution in [1.82, 2.24) is 9.97 Å². The van der Waals surface area contributed by atoms with Crippen LogP contribution in [0.5, 0.6) is 0 Å². The summed E-state index contributed by atoms with van der Waals surface area (Å²) in [6, 6.07) is 8.32. The van der Waals surface area contributed by atoms with Crippen molar-refractivity contribution in [3.05, 3.63) is 47.5 Å². The molecule has 1 aromatic carbocycles. The van der Waals surface area contributed by atoms with E-state index in [4.69, 9.17) is 5.84 Å². The molecule has 0 aliphatic heterocycles. The van der Waals surface area contributed by atoms with Crippen LogP contribution in [0.25, 0.3) is 0 Å². The highest BCUT2D eigenvalue weighted by atomic mass is 19.1. The zero-order valence-electron chi connectivity index (χ0n) is 12.4. The molecule has 0 spiro atoms. The molecule has 0 amide bonds. The second-order valence-electron chi connectivity index (χ2n) is 5.80. The smallest absolute Gasteiger partial charge is 0.145 e. The van der Waals surface area contributed by atoms with Crippen LogP contribution in [0, 0.1) is 5.82 Å². The molecule has 0 unspecified atom stereocenters. The van der Waals surface area contributed by atoms with Gasteiger partial charge in [0.1, 0.15) is 23.3 Å². The van der Waals surface area contributed by atoms with Gasteiger partial charge in [0.15, 0.2) is 0 Å². The van der Waals surface area contributed by atoms with Crippen LogP contribution in [-0.4, -0.2) is 9.97 Å². The molecule has 0 saturated heterocycles. The van der Waals surface area contributed by atoms with E-state index in [1.54, 1.807) is 24.3 Å². The zero-order chi connectivity index (χ0) is 15.5. The highest BCUT2D eigenvalue weighted by Gasteiger charge is 2.19. The van der Waals surface area contributed by atoms with Gasteiger partial charge in [-0.2, -0.15) is 0 Å². The molecule has 2 aromatic rings. The van der Waals surface area contributed by atoms with Gasteiger partial charge < -0.3 is 10.7 Å². The maximum atomic E-state index is 13.6. The van der Waals surface area contributed by atoms with Crippen molar-refractivity contribution in [2.24, 2.45) is 5.84 Å². The second kappa shape index (κ2) is 6.05. The van der Waals surface area contributed by atoms with Crippen LogP contribution in [0.2, 0.25) is 0 Å². The van der Waals surface area contributed by atoms with E-state index < -0.39 is 0 Å². The summed E-state index contributed by atoms with van der Waals surface area (Å²) in [5.41, 5.74) is 2.90. The third kappa shape index (κ3) is 3.88. The lowest BCUT2D eigenvalue weighted by Gasteiger charge is -2.18. The number of halogens is 1. The van der Waals surface area contributed by atoms with Crippen molar-refractivity contribution >= 4 is 11.6 Å². The first-order valence-corrected chi connectivity index (χ1v) is 6.73. The van der Waals surface area contributed by atoms with E-state index in [-0.39, 0.29) is 11.2 Å². The zero-order valence-corrected chi connectivity index (χ0v) is 12.4. The van der Waals surface area contributed by atoms with Gasteiger partial charge >= 0.3 is 0 Å². The summed E-state index contributed by atoms with van der Waals surface area (Å²) in [7, 11) is 0. The number of benzene rings is 1. The Bertz CT molecular complexity index is 622. The van der Waals surface area contributed by atoms with Crippen LogP contribution in [0.1, 0.15) is 32.2 Å². The van der Waals surface area contributed by atoms with E-state index in [1.165, 1.54) is 6.07 Å². The molecule has 0 atom stereocenters. The first-order valence-electron chi connectivity index (χ1n) is 6.73. The van der Waals surface area contributed by atoms with Gasteiger partial charge in [-0.1, -0.05) is 39.0 Å². The summed E-state index contributed by atoms with van der Waals surface area (Å²) in [6.45, 7) is 6.40. The van der Waals surface area contributed by atoms with Crippen LogP contribution in [0.3, 0.4) is 0 Å². The molecule has 2 rings (SSSR count). The Morgan fingerprint density at radius 1 is 1.14 bits per heavy atom. The Hall–Kier alpha value is -2.21. The van der Waals surface area contributed by atoms with E-state index in [2.05, 4.69) is 20.7 Å². The molecule has 0 aliphatic rings. The minimum atomic E-state index is -0.243. The van der Waals surface area contributed by atoms with Crippen molar-refractivity contribution in [1.29, 1.82) is 0 Å². The minimum Gasteiger partial charge on any atom is -0.366 e. The highest BCUT2D eigenvalue weighted by Crippen LogP contribution is 2.22. The van der Waals surface area contributed by atoms with E-state index >= 15 is 0 Å². The van der Waals surface area contributed by atoms with Gasteiger partial charge in [0, 0.05) is 23.6 Å². The number of nitrogen functional groups attached to an aromatic ring is 1. The van der Waals surface area contributed by atoms with Gasteiger partial charge in [0.05, 0.1) is 0 Å². The Balaban J connectivity index is 2.22. The normalized spacial score (nSPS) is 11.3. The number of anilines is 2. The quantitative estimate of drug-likeness (QED) is 0.596. The van der Waals surface area contributed by atoms with Crippen LogP contribution >= 0.6 is 0 Å². The topological polar surface area (TPSA) is 75.9 Å². The predicted molar refractivity (Wildman–Crippen MR) is 82.3 cm³/mol. The lowest BCUT2D eigenvalue weighted by Crippen LogP contribution is -2.20. The van der Waals surface area contributed by atoms with Crippen molar-refractivity contribution < 1.29 is 4.39 Å².